The van der Waals surface area contributed by atoms with E-state index in [1.165, 1.54) is 0 Å². The first-order chi connectivity index (χ1) is 17.1. The summed E-state index contributed by atoms with van der Waals surface area (Å²) in [5, 5.41) is 38.5. The maximum Gasteiger partial charge on any atom is 4.00 e. The Hall–Kier alpha value is -1.93. The van der Waals surface area contributed by atoms with Gasteiger partial charge in [-0.3, -0.25) is 0 Å². The molecule has 0 saturated carbocycles. The Morgan fingerprint density at radius 1 is 0.405 bits per heavy atom. The van der Waals surface area contributed by atoms with Crippen molar-refractivity contribution in [1.29, 1.82) is 0 Å². The predicted octanol–water partition coefficient (Wildman–Crippen LogP) is 2.15. The standard InChI is InChI=1S/4C6H12O3.Pu/c4*1-2-3-4-5-9-6(7)8;/h4*2-5H2,1H3,(H,7,8);/q;;;;+4/p-4. The number of hydrogen-bond donors (Lipinski definition) is 0. The van der Waals surface area contributed by atoms with Crippen molar-refractivity contribution >= 4 is 24.6 Å². The Kier molecular flexibility index (Phi) is 50.1. The molecule has 0 aliphatic rings. The largest absolute Gasteiger partial charge is 4.00 e. The van der Waals surface area contributed by atoms with Gasteiger partial charge in [-0.25, -0.2) is 0 Å². The van der Waals surface area contributed by atoms with Gasteiger partial charge in [-0.2, -0.15) is 0 Å². The molecule has 12 nitrogen and oxygen atoms in total. The van der Waals surface area contributed by atoms with Crippen molar-refractivity contribution in [3.8, 4) is 0 Å². The van der Waals surface area contributed by atoms with Crippen molar-refractivity contribution in [1.82, 2.24) is 0 Å². The summed E-state index contributed by atoms with van der Waals surface area (Å²) in [4.78, 5) is 38.5. The van der Waals surface area contributed by atoms with Crippen LogP contribution in [0.5, 0.6) is 0 Å². The molecule has 0 N–H and O–H groups in total. The first kappa shape index (κ1) is 45.0. The second kappa shape index (κ2) is 41.2. The third-order valence-electron chi connectivity index (χ3n) is 3.87. The van der Waals surface area contributed by atoms with E-state index in [1.54, 1.807) is 0 Å². The Morgan fingerprint density at radius 2 is 0.568 bits per heavy atom. The third kappa shape index (κ3) is 71.9. The van der Waals surface area contributed by atoms with Crippen LogP contribution in [0, 0.1) is 29.2 Å². The van der Waals surface area contributed by atoms with Crippen molar-refractivity contribution in [2.75, 3.05) is 26.4 Å². The molecule has 218 valence electrons. The zero-order valence-corrected chi connectivity index (χ0v) is 26.0. The number of carbonyl (C=O) groups excluding carboxylic acids is 4. The Morgan fingerprint density at radius 3 is 0.676 bits per heavy atom. The van der Waals surface area contributed by atoms with Gasteiger partial charge >= 0.3 is 29.2 Å². The number of ether oxygens (including phenoxy) is 4. The smallest absolute Gasteiger partial charge is 0.550 e. The second-order valence-electron chi connectivity index (χ2n) is 7.22. The number of rotatable bonds is 16. The molecule has 0 rings (SSSR count). The molecular formula is C24H44O12Pu. The molecule has 0 saturated heterocycles. The topological polar surface area (TPSA) is 197 Å². The molecule has 0 bridgehead atoms. The van der Waals surface area contributed by atoms with Gasteiger partial charge in [0.2, 0.25) is 0 Å². The maximum absolute atomic E-state index is 9.63. The SMILES string of the molecule is CCCCCOC(=O)[O-].CCCCCOC(=O)[O-].CCCCCOC(=O)[O-].CCCCCOC(=O)[O-].[Pu+4]. The van der Waals surface area contributed by atoms with E-state index in [4.69, 9.17) is 0 Å². The van der Waals surface area contributed by atoms with Crippen LogP contribution < -0.4 is 20.4 Å². The summed E-state index contributed by atoms with van der Waals surface area (Å²) >= 11 is 0. The van der Waals surface area contributed by atoms with Crippen LogP contribution in [0.25, 0.3) is 0 Å². The molecule has 0 unspecified atom stereocenters. The summed E-state index contributed by atoms with van der Waals surface area (Å²) in [6.45, 7) is 9.26. The van der Waals surface area contributed by atoms with Gasteiger partial charge in [-0.15, -0.1) is 0 Å². The average Bonchev–Trinajstić information content (AvgIpc) is 2.81. The molecule has 0 aromatic rings. The summed E-state index contributed by atoms with van der Waals surface area (Å²) in [6.07, 6.45) is 5.78. The molecule has 0 spiro atoms. The Labute approximate surface area is 242 Å². The second-order valence-corrected chi connectivity index (χ2v) is 7.22. The number of carbonyl (C=O) groups is 4. The van der Waals surface area contributed by atoms with Gasteiger partial charge in [-0.05, 0) is 25.7 Å². The van der Waals surface area contributed by atoms with Crippen molar-refractivity contribution in [2.45, 2.75) is 105 Å². The quantitative estimate of drug-likeness (QED) is 0.126. The van der Waals surface area contributed by atoms with E-state index in [-0.39, 0.29) is 55.6 Å². The summed E-state index contributed by atoms with van der Waals surface area (Å²) in [5.41, 5.74) is 0. The Balaban J connectivity index is -0.000000122. The van der Waals surface area contributed by atoms with Gasteiger partial charge in [0.1, 0.15) is 0 Å². The summed E-state index contributed by atoms with van der Waals surface area (Å²) in [5.74, 6) is 0. The molecule has 0 aromatic heterocycles. The molecule has 13 heteroatoms. The van der Waals surface area contributed by atoms with Crippen molar-refractivity contribution in [3.05, 3.63) is 0 Å². The van der Waals surface area contributed by atoms with E-state index in [9.17, 15) is 39.6 Å². The van der Waals surface area contributed by atoms with Crippen LogP contribution in [0.4, 0.5) is 19.2 Å². The fraction of sp³-hybridized carbons (Fsp3) is 0.833. The van der Waals surface area contributed by atoms with Crippen LogP contribution in [-0.4, -0.2) is 51.0 Å². The van der Waals surface area contributed by atoms with E-state index < -0.39 is 24.6 Å². The van der Waals surface area contributed by atoms with Gasteiger partial charge in [0.05, 0.1) is 0 Å². The van der Waals surface area contributed by atoms with Crippen LogP contribution in [0.3, 0.4) is 0 Å². The molecule has 0 atom stereocenters. The molecule has 0 aliphatic heterocycles. The molecule has 0 fully saturated rings. The maximum atomic E-state index is 9.63. The molecule has 37 heavy (non-hydrogen) atoms. The first-order valence-electron chi connectivity index (χ1n) is 12.4. The normalized spacial score (nSPS) is 8.76. The number of hydrogen-bond acceptors (Lipinski definition) is 12. The van der Waals surface area contributed by atoms with Gasteiger partial charge in [0.25, 0.3) is 24.6 Å². The summed E-state index contributed by atoms with van der Waals surface area (Å²) in [6, 6.07) is 0. The Bertz CT molecular complexity index is 416. The van der Waals surface area contributed by atoms with Crippen molar-refractivity contribution in [2.24, 2.45) is 0 Å². The molecule has 0 amide bonds. The minimum atomic E-state index is -1.42. The zero-order chi connectivity index (χ0) is 28.5. The first-order valence-corrected chi connectivity index (χ1v) is 12.4. The van der Waals surface area contributed by atoms with E-state index in [0.717, 1.165) is 77.0 Å². The van der Waals surface area contributed by atoms with E-state index in [0.29, 0.717) is 0 Å². The summed E-state index contributed by atoms with van der Waals surface area (Å²) < 4.78 is 16.6. The van der Waals surface area contributed by atoms with Crippen molar-refractivity contribution in [3.63, 3.8) is 0 Å². The van der Waals surface area contributed by atoms with Crippen LogP contribution in [0.1, 0.15) is 105 Å². The minimum absolute atomic E-state index is 0. The van der Waals surface area contributed by atoms with Crippen LogP contribution in [0.2, 0.25) is 0 Å². The van der Waals surface area contributed by atoms with Gasteiger partial charge < -0.3 is 58.6 Å². The van der Waals surface area contributed by atoms with Crippen LogP contribution >= 0.6 is 0 Å². The van der Waals surface area contributed by atoms with Gasteiger partial charge in [-0.1, -0.05) is 79.1 Å². The van der Waals surface area contributed by atoms with Crippen LogP contribution in [-0.2, 0) is 18.9 Å². The number of carboxylic acid groups (broad SMARTS) is 4. The molecule has 0 radical (unpaired) electrons. The monoisotopic (exact) mass is 762 g/mol. The average molecular weight is 769 g/mol. The van der Waals surface area contributed by atoms with Crippen molar-refractivity contribution < 1.29 is 87.7 Å². The fourth-order valence-corrected chi connectivity index (χ4v) is 2.03. The van der Waals surface area contributed by atoms with Gasteiger partial charge in [0, 0.05) is 26.4 Å². The summed E-state index contributed by atoms with van der Waals surface area (Å²) in [7, 11) is 0. The molecular weight excluding hydrogens is 724 g/mol. The minimum Gasteiger partial charge on any atom is -0.550 e. The predicted molar refractivity (Wildman–Crippen MR) is 123 cm³/mol. The van der Waals surface area contributed by atoms with Gasteiger partial charge in [0.15, 0.2) is 0 Å². The molecule has 0 heterocycles. The molecule has 0 aliphatic carbocycles. The number of unbranched alkanes of at least 4 members (excludes halogenated alkanes) is 8. The van der Waals surface area contributed by atoms with E-state index >= 15 is 0 Å². The van der Waals surface area contributed by atoms with Crippen LogP contribution in [0.15, 0.2) is 0 Å². The van der Waals surface area contributed by atoms with E-state index in [1.807, 2.05) is 27.7 Å². The molecule has 0 aromatic carbocycles. The van der Waals surface area contributed by atoms with E-state index in [2.05, 4.69) is 18.9 Å². The zero-order valence-electron chi connectivity index (χ0n) is 22.6. The fourth-order valence-electron chi connectivity index (χ4n) is 2.03. The third-order valence-corrected chi connectivity index (χ3v) is 3.87.